The highest BCUT2D eigenvalue weighted by Crippen LogP contribution is 2.78. The van der Waals surface area contributed by atoms with E-state index < -0.39 is 45.8 Å². The second-order valence-corrected chi connectivity index (χ2v) is 16.0. The number of aliphatic hydroxyl groups is 1. The smallest absolute Gasteiger partial charge is 0.411 e. The summed E-state index contributed by atoms with van der Waals surface area (Å²) in [5.74, 6) is -16.0. The zero-order valence-electron chi connectivity index (χ0n) is 27.4. The van der Waals surface area contributed by atoms with Crippen molar-refractivity contribution in [3.63, 3.8) is 0 Å². The van der Waals surface area contributed by atoms with Crippen LogP contribution in [0.3, 0.4) is 0 Å². The first-order valence-corrected chi connectivity index (χ1v) is 18.0. The van der Waals surface area contributed by atoms with E-state index in [1.165, 1.54) is 0 Å². The predicted molar refractivity (Wildman–Crippen MR) is 189 cm³/mol. The number of anilines is 1. The van der Waals surface area contributed by atoms with Gasteiger partial charge in [0.1, 0.15) is 6.61 Å². The summed E-state index contributed by atoms with van der Waals surface area (Å²) in [6.45, 7) is 2.72. The maximum absolute atomic E-state index is 15.8. The third-order valence-electron chi connectivity index (χ3n) is 11.1. The number of fused-ring (bicyclic) bond motifs is 10. The Balaban J connectivity index is 1.06. The number of rotatable bonds is 4. The van der Waals surface area contributed by atoms with Gasteiger partial charge >= 0.3 is 23.9 Å². The maximum atomic E-state index is 15.8. The molecule has 12 heteroatoms. The van der Waals surface area contributed by atoms with E-state index in [1.807, 2.05) is 42.5 Å². The van der Waals surface area contributed by atoms with Crippen molar-refractivity contribution in [3.05, 3.63) is 134 Å². The second-order valence-electron chi connectivity index (χ2n) is 13.9. The molecular formula is C40H27F6NO3S2. The molecule has 4 nitrogen and oxygen atoms in total. The van der Waals surface area contributed by atoms with E-state index in [9.17, 15) is 9.90 Å². The molecule has 4 aliphatic rings. The molecule has 0 saturated heterocycles. The van der Waals surface area contributed by atoms with Gasteiger partial charge in [0.2, 0.25) is 0 Å². The molecule has 1 saturated carbocycles. The van der Waals surface area contributed by atoms with Crippen LogP contribution < -0.4 is 5.32 Å². The first-order valence-electron chi connectivity index (χ1n) is 16.4. The summed E-state index contributed by atoms with van der Waals surface area (Å²) in [5.41, 5.74) is -3.04. The number of alkyl halides is 6. The van der Waals surface area contributed by atoms with Crippen LogP contribution in [0, 0.1) is 0 Å². The van der Waals surface area contributed by atoms with Crippen molar-refractivity contribution < 1.29 is 41.0 Å². The Labute approximate surface area is 301 Å². The fourth-order valence-electron chi connectivity index (χ4n) is 8.24. The van der Waals surface area contributed by atoms with Gasteiger partial charge in [-0.3, -0.25) is 5.32 Å². The summed E-state index contributed by atoms with van der Waals surface area (Å²) >= 11 is 1.56. The molecular weight excluding hydrogens is 721 g/mol. The molecule has 1 amide bonds. The van der Waals surface area contributed by atoms with Crippen LogP contribution in [0.25, 0.3) is 21.5 Å². The van der Waals surface area contributed by atoms with Crippen LogP contribution >= 0.6 is 23.5 Å². The largest absolute Gasteiger partial charge is 0.444 e. The van der Waals surface area contributed by atoms with E-state index >= 15 is 26.3 Å². The highest BCUT2D eigenvalue weighted by Gasteiger charge is 2.85. The van der Waals surface area contributed by atoms with Crippen LogP contribution in [0.15, 0.2) is 122 Å². The lowest BCUT2D eigenvalue weighted by atomic mass is 9.55. The fraction of sp³-hybridized carbons (Fsp3) is 0.225. The van der Waals surface area contributed by atoms with Gasteiger partial charge in [0.05, 0.1) is 6.61 Å². The summed E-state index contributed by atoms with van der Waals surface area (Å²) in [7, 11) is 0. The molecule has 2 aliphatic heterocycles. The standard InChI is InChI=1S/C40H27F6NO3S2/c1-36-27-11-7-20(18-48)13-29(27)51-33(36)31-32(39(43,44)40(45,46)38(31,41)42)34-37(36,2)28-12-8-21(14-30(28)52-34)19-50-35(49)47-26-10-9-24-15-22-5-3-4-6-23(22)16-25(24)17-26/h3-17,48H,18-19H2,1-2H3,(H,47,49). The minimum Gasteiger partial charge on any atom is -0.444 e. The number of halogens is 6. The lowest BCUT2D eigenvalue weighted by molar-refractivity contribution is -0.258. The number of ether oxygens (including phenoxy) is 1. The van der Waals surface area contributed by atoms with Crippen molar-refractivity contribution in [3.8, 4) is 0 Å². The second kappa shape index (κ2) is 10.8. The monoisotopic (exact) mass is 747 g/mol. The van der Waals surface area contributed by atoms with Crippen LogP contribution in [0.4, 0.5) is 36.8 Å². The highest BCUT2D eigenvalue weighted by atomic mass is 32.2. The van der Waals surface area contributed by atoms with Crippen molar-refractivity contribution in [2.45, 2.75) is 65.4 Å². The number of aliphatic hydroxyl groups excluding tert-OH is 1. The Morgan fingerprint density at radius 1 is 0.673 bits per heavy atom. The van der Waals surface area contributed by atoms with Crippen LogP contribution in [0.5, 0.6) is 0 Å². The van der Waals surface area contributed by atoms with Crippen LogP contribution in [-0.4, -0.2) is 29.0 Å². The molecule has 9 rings (SSSR count). The van der Waals surface area contributed by atoms with Gasteiger partial charge in [0.25, 0.3) is 0 Å². The normalized spacial score (nSPS) is 24.4. The lowest BCUT2D eigenvalue weighted by Gasteiger charge is -2.48. The molecule has 2 atom stereocenters. The lowest BCUT2D eigenvalue weighted by Crippen LogP contribution is -2.48. The Bertz CT molecular complexity index is 2500. The molecule has 52 heavy (non-hydrogen) atoms. The molecule has 264 valence electrons. The third kappa shape index (κ3) is 4.17. The van der Waals surface area contributed by atoms with Crippen molar-refractivity contribution in [1.29, 1.82) is 0 Å². The number of hydrogen-bond donors (Lipinski definition) is 2. The zero-order chi connectivity index (χ0) is 36.6. The molecule has 2 N–H and O–H groups in total. The number of hydrogen-bond acceptors (Lipinski definition) is 5. The summed E-state index contributed by atoms with van der Waals surface area (Å²) in [5, 5.41) is 16.5. The van der Waals surface area contributed by atoms with Gasteiger partial charge in [-0.1, -0.05) is 78.1 Å². The van der Waals surface area contributed by atoms with Crippen LogP contribution in [0.2, 0.25) is 0 Å². The average molecular weight is 748 g/mol. The molecule has 0 aromatic heterocycles. The topological polar surface area (TPSA) is 58.6 Å². The molecule has 2 unspecified atom stereocenters. The van der Waals surface area contributed by atoms with Crippen LogP contribution in [-0.2, 0) is 28.8 Å². The van der Waals surface area contributed by atoms with Crippen molar-refractivity contribution in [2.24, 2.45) is 0 Å². The van der Waals surface area contributed by atoms with Crippen molar-refractivity contribution in [1.82, 2.24) is 0 Å². The Morgan fingerprint density at radius 3 is 1.77 bits per heavy atom. The van der Waals surface area contributed by atoms with E-state index in [1.54, 1.807) is 56.3 Å². The summed E-state index contributed by atoms with van der Waals surface area (Å²) in [6.07, 6.45) is -0.734. The number of carbonyl (C=O) groups is 1. The number of thioether (sulfide) groups is 2. The SMILES string of the molecule is CC12C(=C3C(=C4Sc5cc(COC(=O)Nc6ccc7cc8ccccc8cc7c6)ccc5C41C)C(F)(F)C(F)(F)C3(F)F)Sc1cc(CO)ccc12. The Morgan fingerprint density at radius 2 is 1.19 bits per heavy atom. The molecule has 5 aromatic rings. The molecule has 2 aliphatic carbocycles. The average Bonchev–Trinajstić information content (AvgIpc) is 3.62. The zero-order valence-corrected chi connectivity index (χ0v) is 29.1. The molecule has 0 bridgehead atoms. The Hall–Kier alpha value is -4.39. The molecule has 5 aromatic carbocycles. The first-order chi connectivity index (χ1) is 24.6. The minimum atomic E-state index is -5.66. The van der Waals surface area contributed by atoms with E-state index in [0.717, 1.165) is 45.1 Å². The Kier molecular flexibility index (Phi) is 6.97. The van der Waals surface area contributed by atoms with Gasteiger partial charge in [0.15, 0.2) is 0 Å². The van der Waals surface area contributed by atoms with E-state index in [2.05, 4.69) is 11.4 Å². The first kappa shape index (κ1) is 33.4. The number of allylic oxidation sites excluding steroid dienone is 4. The van der Waals surface area contributed by atoms with E-state index in [0.29, 0.717) is 37.7 Å². The summed E-state index contributed by atoms with van der Waals surface area (Å²) in [6, 6.07) is 27.3. The summed E-state index contributed by atoms with van der Waals surface area (Å²) in [4.78, 5) is 13.2. The van der Waals surface area contributed by atoms with E-state index in [4.69, 9.17) is 4.74 Å². The van der Waals surface area contributed by atoms with Crippen molar-refractivity contribution in [2.75, 3.05) is 5.32 Å². The van der Waals surface area contributed by atoms with E-state index in [-0.39, 0.29) is 23.0 Å². The van der Waals surface area contributed by atoms with Gasteiger partial charge in [-0.2, -0.15) is 26.3 Å². The van der Waals surface area contributed by atoms with Gasteiger partial charge in [-0.25, -0.2) is 4.79 Å². The fourth-order valence-corrected chi connectivity index (χ4v) is 11.6. The molecule has 1 fully saturated rings. The minimum absolute atomic E-state index is 0.207. The quantitative estimate of drug-likeness (QED) is 0.142. The number of benzene rings is 5. The van der Waals surface area contributed by atoms with Gasteiger partial charge in [0, 0.05) is 47.3 Å². The van der Waals surface area contributed by atoms with Crippen molar-refractivity contribution >= 4 is 56.8 Å². The maximum Gasteiger partial charge on any atom is 0.411 e. The predicted octanol–water partition coefficient (Wildman–Crippen LogP) is 11.1. The van der Waals surface area contributed by atoms with Crippen LogP contribution in [0.1, 0.15) is 36.1 Å². The third-order valence-corrected chi connectivity index (χ3v) is 13.9. The molecule has 0 spiro atoms. The number of amides is 1. The van der Waals surface area contributed by atoms with Gasteiger partial charge < -0.3 is 9.84 Å². The molecule has 2 heterocycles. The van der Waals surface area contributed by atoms with Gasteiger partial charge in [-0.15, -0.1) is 0 Å². The summed E-state index contributed by atoms with van der Waals surface area (Å²) < 4.78 is 99.0. The number of nitrogens with one attached hydrogen (secondary N) is 1. The molecule has 0 radical (unpaired) electrons. The highest BCUT2D eigenvalue weighted by molar-refractivity contribution is 8.04. The van der Waals surface area contributed by atoms with Gasteiger partial charge in [-0.05, 0) is 94.0 Å². The number of carbonyl (C=O) groups excluding carboxylic acids is 1.